The van der Waals surface area contributed by atoms with E-state index in [1.54, 1.807) is 29.0 Å². The second-order valence-electron chi connectivity index (χ2n) is 7.75. The quantitative estimate of drug-likeness (QED) is 0.493. The van der Waals surface area contributed by atoms with E-state index in [9.17, 15) is 9.59 Å². The van der Waals surface area contributed by atoms with Crippen LogP contribution in [0.25, 0.3) is 0 Å². The molecule has 0 saturated carbocycles. The highest BCUT2D eigenvalue weighted by atomic mass is 16.2. The molecule has 1 fully saturated rings. The Morgan fingerprint density at radius 3 is 2.76 bits per heavy atom. The van der Waals surface area contributed by atoms with Gasteiger partial charge in [0.25, 0.3) is 5.91 Å². The number of hydrogen-bond acceptors (Lipinski definition) is 8. The first-order valence-electron chi connectivity index (χ1n) is 10.5. The number of primary amides is 1. The average molecular weight is 448 g/mol. The van der Waals surface area contributed by atoms with Gasteiger partial charge in [-0.25, -0.2) is 0 Å². The summed E-state index contributed by atoms with van der Waals surface area (Å²) in [6.07, 6.45) is 5.40. The van der Waals surface area contributed by atoms with Gasteiger partial charge >= 0.3 is 0 Å². The number of amides is 2. The Labute approximate surface area is 190 Å². The minimum Gasteiger partial charge on any atom is -0.364 e. The molecule has 170 valence electrons. The molecule has 2 amide bonds. The molecule has 33 heavy (non-hydrogen) atoms. The Hall–Kier alpha value is -4.28. The van der Waals surface area contributed by atoms with Crippen LogP contribution in [0.3, 0.4) is 0 Å². The van der Waals surface area contributed by atoms with E-state index >= 15 is 0 Å². The molecule has 0 aliphatic carbocycles. The summed E-state index contributed by atoms with van der Waals surface area (Å²) < 4.78 is 1.62. The van der Waals surface area contributed by atoms with Crippen molar-refractivity contribution in [1.29, 1.82) is 0 Å². The molecule has 11 heteroatoms. The summed E-state index contributed by atoms with van der Waals surface area (Å²) >= 11 is 0. The number of nitrogens with two attached hydrogens (primary N) is 1. The molecule has 4 rings (SSSR count). The maximum absolute atomic E-state index is 12.1. The van der Waals surface area contributed by atoms with Gasteiger partial charge in [0.05, 0.1) is 17.9 Å². The molecule has 0 spiro atoms. The van der Waals surface area contributed by atoms with Crippen molar-refractivity contribution in [3.8, 4) is 0 Å². The molecule has 2 aromatic heterocycles. The SMILES string of the molecule is C=CC(=O)N1CCC(N(Cc2ccccc2)c2nnc(C(N)=O)c(Nc3cnn(C)c3)n2)C1. The summed E-state index contributed by atoms with van der Waals surface area (Å²) in [5, 5.41) is 15.5. The van der Waals surface area contributed by atoms with Gasteiger partial charge in [0.15, 0.2) is 11.5 Å². The van der Waals surface area contributed by atoms with E-state index in [1.165, 1.54) is 6.08 Å². The van der Waals surface area contributed by atoms with Crippen LogP contribution < -0.4 is 16.0 Å². The summed E-state index contributed by atoms with van der Waals surface area (Å²) in [7, 11) is 1.78. The maximum atomic E-state index is 12.1. The molecule has 1 aliphatic rings. The van der Waals surface area contributed by atoms with Crippen molar-refractivity contribution in [2.45, 2.75) is 19.0 Å². The first-order chi connectivity index (χ1) is 15.9. The number of nitrogens with zero attached hydrogens (tertiary/aromatic N) is 7. The highest BCUT2D eigenvalue weighted by molar-refractivity contribution is 5.96. The summed E-state index contributed by atoms with van der Waals surface area (Å²) in [6, 6.07) is 9.84. The van der Waals surface area contributed by atoms with E-state index in [1.807, 2.05) is 35.2 Å². The number of likely N-dealkylation sites (tertiary alicyclic amines) is 1. The molecule has 1 atom stereocenters. The Kier molecular flexibility index (Phi) is 6.29. The Morgan fingerprint density at radius 1 is 1.30 bits per heavy atom. The number of carbonyl (C=O) groups is 2. The number of hydrogen-bond donors (Lipinski definition) is 2. The lowest BCUT2D eigenvalue weighted by molar-refractivity contribution is -0.125. The number of aryl methyl sites for hydroxylation is 1. The van der Waals surface area contributed by atoms with Gasteiger partial charge < -0.3 is 20.9 Å². The molecule has 11 nitrogen and oxygen atoms in total. The smallest absolute Gasteiger partial charge is 0.273 e. The van der Waals surface area contributed by atoms with Crippen LogP contribution in [-0.2, 0) is 18.4 Å². The molecule has 1 unspecified atom stereocenters. The van der Waals surface area contributed by atoms with Crippen LogP contribution in [0.15, 0.2) is 55.4 Å². The van der Waals surface area contributed by atoms with E-state index in [4.69, 9.17) is 5.73 Å². The Morgan fingerprint density at radius 2 is 2.09 bits per heavy atom. The van der Waals surface area contributed by atoms with Gasteiger partial charge in [0.1, 0.15) is 0 Å². The van der Waals surface area contributed by atoms with E-state index in [2.05, 4.69) is 32.2 Å². The largest absolute Gasteiger partial charge is 0.364 e. The van der Waals surface area contributed by atoms with Gasteiger partial charge in [-0.1, -0.05) is 36.9 Å². The molecular formula is C22H25N9O2. The molecule has 1 aliphatic heterocycles. The van der Waals surface area contributed by atoms with Gasteiger partial charge in [-0.3, -0.25) is 14.3 Å². The van der Waals surface area contributed by atoms with Crippen molar-refractivity contribution in [3.63, 3.8) is 0 Å². The third kappa shape index (κ3) is 4.97. The molecule has 3 N–H and O–H groups in total. The zero-order valence-corrected chi connectivity index (χ0v) is 18.3. The summed E-state index contributed by atoms with van der Waals surface area (Å²) in [6.45, 7) is 5.20. The number of aromatic nitrogens is 5. The average Bonchev–Trinajstić information content (AvgIpc) is 3.46. The fourth-order valence-corrected chi connectivity index (χ4v) is 3.78. The molecule has 1 aromatic carbocycles. The van der Waals surface area contributed by atoms with Crippen LogP contribution in [0.5, 0.6) is 0 Å². The monoisotopic (exact) mass is 447 g/mol. The second kappa shape index (κ2) is 9.47. The first-order valence-corrected chi connectivity index (χ1v) is 10.5. The van der Waals surface area contributed by atoms with Crippen LogP contribution in [0, 0.1) is 0 Å². The Bertz CT molecular complexity index is 1160. The molecule has 0 bridgehead atoms. The van der Waals surface area contributed by atoms with Crippen molar-refractivity contribution in [2.24, 2.45) is 12.8 Å². The summed E-state index contributed by atoms with van der Waals surface area (Å²) in [5.41, 5.74) is 7.11. The van der Waals surface area contributed by atoms with Gasteiger partial charge in [-0.05, 0) is 18.1 Å². The lowest BCUT2D eigenvalue weighted by Crippen LogP contribution is -2.39. The zero-order valence-electron chi connectivity index (χ0n) is 18.3. The van der Waals surface area contributed by atoms with Crippen LogP contribution in [-0.4, -0.2) is 60.8 Å². The van der Waals surface area contributed by atoms with Crippen molar-refractivity contribution in [1.82, 2.24) is 29.9 Å². The minimum atomic E-state index is -0.744. The van der Waals surface area contributed by atoms with E-state index in [0.29, 0.717) is 31.3 Å². The van der Waals surface area contributed by atoms with Crippen molar-refractivity contribution < 1.29 is 9.59 Å². The van der Waals surface area contributed by atoms with E-state index in [-0.39, 0.29) is 23.5 Å². The topological polar surface area (TPSA) is 135 Å². The number of carbonyl (C=O) groups excluding carboxylic acids is 2. The fourth-order valence-electron chi connectivity index (χ4n) is 3.78. The lowest BCUT2D eigenvalue weighted by atomic mass is 10.1. The van der Waals surface area contributed by atoms with Gasteiger partial charge in [0.2, 0.25) is 11.9 Å². The second-order valence-corrected chi connectivity index (χ2v) is 7.75. The molecule has 3 heterocycles. The van der Waals surface area contributed by atoms with Crippen molar-refractivity contribution in [3.05, 3.63) is 66.6 Å². The predicted octanol–water partition coefficient (Wildman–Crippen LogP) is 1.24. The molecule has 0 radical (unpaired) electrons. The van der Waals surface area contributed by atoms with Crippen LogP contribution in [0.1, 0.15) is 22.5 Å². The summed E-state index contributed by atoms with van der Waals surface area (Å²) in [5.74, 6) is -0.339. The van der Waals surface area contributed by atoms with Gasteiger partial charge in [-0.15, -0.1) is 10.2 Å². The third-order valence-electron chi connectivity index (χ3n) is 5.42. The predicted molar refractivity (Wildman–Crippen MR) is 123 cm³/mol. The highest BCUT2D eigenvalue weighted by Gasteiger charge is 2.32. The standard InChI is InChI=1S/C22H25N9O2/c1-3-18(32)30-10-9-17(14-30)31(12-15-7-5-4-6-8-15)22-26-21(19(20(23)33)27-28-22)25-16-11-24-29(2)13-16/h3-8,11,13,17H,1,9-10,12,14H2,2H3,(H2,23,33)(H,25,26,28). The molecular weight excluding hydrogens is 422 g/mol. The molecule has 3 aromatic rings. The van der Waals surface area contributed by atoms with Crippen molar-refractivity contribution in [2.75, 3.05) is 23.3 Å². The lowest BCUT2D eigenvalue weighted by Gasteiger charge is -2.29. The number of nitrogens with one attached hydrogen (secondary N) is 1. The normalized spacial score (nSPS) is 15.3. The van der Waals surface area contributed by atoms with Gasteiger partial charge in [0, 0.05) is 32.9 Å². The Balaban J connectivity index is 1.69. The van der Waals surface area contributed by atoms with Crippen LogP contribution in [0.4, 0.5) is 17.5 Å². The number of anilines is 3. The maximum Gasteiger partial charge on any atom is 0.273 e. The highest BCUT2D eigenvalue weighted by Crippen LogP contribution is 2.25. The fraction of sp³-hybridized carbons (Fsp3) is 0.273. The first kappa shape index (κ1) is 21.9. The van der Waals surface area contributed by atoms with Crippen LogP contribution in [0.2, 0.25) is 0 Å². The molecule has 1 saturated heterocycles. The minimum absolute atomic E-state index is 0.0402. The van der Waals surface area contributed by atoms with E-state index < -0.39 is 5.91 Å². The van der Waals surface area contributed by atoms with Crippen molar-refractivity contribution >= 4 is 29.3 Å². The van der Waals surface area contributed by atoms with E-state index in [0.717, 1.165) is 12.0 Å². The van der Waals surface area contributed by atoms with Gasteiger partial charge in [-0.2, -0.15) is 10.1 Å². The zero-order chi connectivity index (χ0) is 23.4. The summed E-state index contributed by atoms with van der Waals surface area (Å²) in [4.78, 5) is 32.4. The number of rotatable bonds is 8. The third-order valence-corrected chi connectivity index (χ3v) is 5.42. The number of benzene rings is 1. The van der Waals surface area contributed by atoms with Crippen LogP contribution >= 0.6 is 0 Å².